The Balaban J connectivity index is 1.81. The van der Waals surface area contributed by atoms with Gasteiger partial charge < -0.3 is 5.11 Å². The molecule has 4 nitrogen and oxygen atoms in total. The van der Waals surface area contributed by atoms with Crippen molar-refractivity contribution in [3.63, 3.8) is 0 Å². The predicted octanol–water partition coefficient (Wildman–Crippen LogP) is 4.77. The van der Waals surface area contributed by atoms with Crippen LogP contribution in [0.2, 0.25) is 0 Å². The molecule has 1 amide bonds. The molecule has 0 aromatic heterocycles. The molecule has 0 radical (unpaired) electrons. The lowest BCUT2D eigenvalue weighted by Crippen LogP contribution is -2.43. The number of hydrogen-bond donors (Lipinski definition) is 1. The molecule has 0 saturated carbocycles. The van der Waals surface area contributed by atoms with Crippen molar-refractivity contribution in [2.45, 2.75) is 96.5 Å². The van der Waals surface area contributed by atoms with Crippen LogP contribution in [0.1, 0.15) is 90.4 Å². The van der Waals surface area contributed by atoms with Crippen LogP contribution in [0.3, 0.4) is 0 Å². The van der Waals surface area contributed by atoms with Crippen LogP contribution in [-0.2, 0) is 9.63 Å². The number of hydrogen-bond acceptors (Lipinski definition) is 3. The molecule has 1 aliphatic heterocycles. The second-order valence-electron chi connectivity index (χ2n) is 6.85. The van der Waals surface area contributed by atoms with E-state index >= 15 is 0 Å². The van der Waals surface area contributed by atoms with Crippen molar-refractivity contribution >= 4 is 5.91 Å². The molecule has 0 unspecified atom stereocenters. The summed E-state index contributed by atoms with van der Waals surface area (Å²) in [6.45, 7) is 3.66. The molecule has 1 atom stereocenters. The van der Waals surface area contributed by atoms with Gasteiger partial charge in [0, 0.05) is 6.42 Å². The molecule has 0 bridgehead atoms. The summed E-state index contributed by atoms with van der Waals surface area (Å²) >= 11 is 0. The number of rotatable bonds is 15. The smallest absolute Gasteiger partial charge is 0.246 e. The Kier molecular flexibility index (Phi) is 12.8. The predicted molar refractivity (Wildman–Crippen MR) is 98.5 cm³/mol. The fraction of sp³-hybridized carbons (Fsp3) is 0.850. The van der Waals surface area contributed by atoms with Crippen molar-refractivity contribution < 1.29 is 14.7 Å². The zero-order valence-electron chi connectivity index (χ0n) is 15.5. The van der Waals surface area contributed by atoms with E-state index in [9.17, 15) is 9.90 Å². The van der Waals surface area contributed by atoms with E-state index in [0.717, 1.165) is 45.1 Å². The summed E-state index contributed by atoms with van der Waals surface area (Å²) in [6, 6.07) is 0. The zero-order chi connectivity index (χ0) is 17.5. The fourth-order valence-corrected chi connectivity index (χ4v) is 2.87. The van der Waals surface area contributed by atoms with Crippen molar-refractivity contribution in [2.24, 2.45) is 0 Å². The van der Waals surface area contributed by atoms with Gasteiger partial charge in [-0.25, -0.2) is 5.06 Å². The second-order valence-corrected chi connectivity index (χ2v) is 6.85. The van der Waals surface area contributed by atoms with E-state index in [1.807, 2.05) is 0 Å². The van der Waals surface area contributed by atoms with Crippen LogP contribution in [0.15, 0.2) is 12.2 Å². The van der Waals surface area contributed by atoms with Gasteiger partial charge in [0.15, 0.2) is 0 Å². The molecule has 1 N–H and O–H groups in total. The van der Waals surface area contributed by atoms with Crippen LogP contribution < -0.4 is 0 Å². The first kappa shape index (κ1) is 21.2. The van der Waals surface area contributed by atoms with E-state index in [1.54, 1.807) is 0 Å². The average molecular weight is 340 g/mol. The van der Waals surface area contributed by atoms with Crippen molar-refractivity contribution in [1.82, 2.24) is 5.06 Å². The van der Waals surface area contributed by atoms with Gasteiger partial charge in [-0.05, 0) is 32.1 Å². The number of allylic oxidation sites excluding steroid dienone is 1. The molecule has 1 fully saturated rings. The Labute approximate surface area is 148 Å². The average Bonchev–Trinajstić information content (AvgIpc) is 2.51. The van der Waals surface area contributed by atoms with Crippen molar-refractivity contribution in [3.8, 4) is 0 Å². The van der Waals surface area contributed by atoms with Crippen LogP contribution in [0.25, 0.3) is 0 Å². The van der Waals surface area contributed by atoms with E-state index in [4.69, 9.17) is 4.84 Å². The second kappa shape index (κ2) is 14.5. The first-order valence-electron chi connectivity index (χ1n) is 10.0. The lowest BCUT2D eigenvalue weighted by atomic mass is 10.1. The summed E-state index contributed by atoms with van der Waals surface area (Å²) in [6.07, 6.45) is 18.3. The number of nitrogens with zero attached hydrogens (tertiary/aromatic N) is 1. The highest BCUT2D eigenvalue weighted by atomic mass is 16.7. The number of hydroxylamine groups is 2. The molecule has 0 aromatic rings. The summed E-state index contributed by atoms with van der Waals surface area (Å²) in [5.74, 6) is 0.137. The van der Waals surface area contributed by atoms with Crippen LogP contribution in [0.4, 0.5) is 0 Å². The van der Waals surface area contributed by atoms with Crippen LogP contribution in [-0.4, -0.2) is 35.3 Å². The molecule has 24 heavy (non-hydrogen) atoms. The Morgan fingerprint density at radius 2 is 1.79 bits per heavy atom. The Bertz CT molecular complexity index is 340. The normalized spacial score (nSPS) is 15.7. The number of amides is 1. The van der Waals surface area contributed by atoms with E-state index in [1.165, 1.54) is 43.6 Å². The van der Waals surface area contributed by atoms with E-state index < -0.39 is 0 Å². The third-order valence-electron chi connectivity index (χ3n) is 4.55. The highest BCUT2D eigenvalue weighted by Crippen LogP contribution is 2.12. The minimum Gasteiger partial charge on any atom is -0.393 e. The monoisotopic (exact) mass is 339 g/mol. The number of unbranched alkanes of at least 4 members (excludes halogenated alkanes) is 8. The van der Waals surface area contributed by atoms with Crippen molar-refractivity contribution in [1.29, 1.82) is 0 Å². The molecule has 0 aromatic carbocycles. The van der Waals surface area contributed by atoms with Gasteiger partial charge in [0.25, 0.3) is 0 Å². The lowest BCUT2D eigenvalue weighted by Gasteiger charge is -2.29. The molecule has 0 aliphatic carbocycles. The largest absolute Gasteiger partial charge is 0.393 e. The topological polar surface area (TPSA) is 49.8 Å². The number of aliphatic hydroxyl groups excluding tert-OH is 1. The lowest BCUT2D eigenvalue weighted by molar-refractivity contribution is -0.239. The highest BCUT2D eigenvalue weighted by molar-refractivity contribution is 5.75. The molecule has 140 valence electrons. The SMILES string of the molecule is CCCCCC[C@@H](O)C/C=C\CCCCCCCC(=O)N1CCO1. The molecule has 0 spiro atoms. The maximum Gasteiger partial charge on any atom is 0.246 e. The standard InChI is InChI=1S/C20H37NO3/c1-2-3-4-11-14-19(22)15-12-9-7-5-6-8-10-13-16-20(23)21-17-18-24-21/h9,12,19,22H,2-8,10-11,13-18H2,1H3/b12-9-/t19-/m1/s1. The molecule has 1 heterocycles. The zero-order valence-corrected chi connectivity index (χ0v) is 15.5. The summed E-state index contributed by atoms with van der Waals surface area (Å²) in [4.78, 5) is 16.6. The van der Waals surface area contributed by atoms with Gasteiger partial charge >= 0.3 is 0 Å². The van der Waals surface area contributed by atoms with Gasteiger partial charge in [-0.3, -0.25) is 9.63 Å². The third kappa shape index (κ3) is 10.8. The number of carbonyl (C=O) groups excluding carboxylic acids is 1. The maximum atomic E-state index is 11.6. The number of aliphatic hydroxyl groups is 1. The molecule has 1 aliphatic rings. The summed E-state index contributed by atoms with van der Waals surface area (Å²) in [5, 5.41) is 11.3. The highest BCUT2D eigenvalue weighted by Gasteiger charge is 2.20. The Hall–Kier alpha value is -0.870. The van der Waals surface area contributed by atoms with Gasteiger partial charge in [-0.15, -0.1) is 0 Å². The molecule has 1 rings (SSSR count). The van der Waals surface area contributed by atoms with E-state index in [-0.39, 0.29) is 12.0 Å². The summed E-state index contributed by atoms with van der Waals surface area (Å²) < 4.78 is 0. The third-order valence-corrected chi connectivity index (χ3v) is 4.55. The molecule has 1 saturated heterocycles. The Morgan fingerprint density at radius 3 is 2.50 bits per heavy atom. The van der Waals surface area contributed by atoms with Gasteiger partial charge in [0.2, 0.25) is 5.91 Å². The molecular weight excluding hydrogens is 302 g/mol. The van der Waals surface area contributed by atoms with Crippen LogP contribution in [0, 0.1) is 0 Å². The van der Waals surface area contributed by atoms with Crippen LogP contribution >= 0.6 is 0 Å². The van der Waals surface area contributed by atoms with Crippen LogP contribution in [0.5, 0.6) is 0 Å². The molecular formula is C20H37NO3. The van der Waals surface area contributed by atoms with Gasteiger partial charge in [0.05, 0.1) is 19.3 Å². The minimum atomic E-state index is -0.161. The van der Waals surface area contributed by atoms with Crippen molar-refractivity contribution in [3.05, 3.63) is 12.2 Å². The van der Waals surface area contributed by atoms with Crippen molar-refractivity contribution in [2.75, 3.05) is 13.2 Å². The van der Waals surface area contributed by atoms with Gasteiger partial charge in [-0.2, -0.15) is 0 Å². The summed E-state index contributed by atoms with van der Waals surface area (Å²) in [7, 11) is 0. The van der Waals surface area contributed by atoms with E-state index in [2.05, 4.69) is 19.1 Å². The van der Waals surface area contributed by atoms with E-state index in [0.29, 0.717) is 13.0 Å². The van der Waals surface area contributed by atoms with Gasteiger partial charge in [0.1, 0.15) is 0 Å². The molecule has 4 heteroatoms. The maximum absolute atomic E-state index is 11.6. The first-order chi connectivity index (χ1) is 11.7. The summed E-state index contributed by atoms with van der Waals surface area (Å²) in [5.41, 5.74) is 0. The fourth-order valence-electron chi connectivity index (χ4n) is 2.87. The first-order valence-corrected chi connectivity index (χ1v) is 10.0. The van der Waals surface area contributed by atoms with Gasteiger partial charge in [-0.1, -0.05) is 64.0 Å². The quantitative estimate of drug-likeness (QED) is 0.345. The number of carbonyl (C=O) groups is 1. The minimum absolute atomic E-state index is 0.137. The Morgan fingerprint density at radius 1 is 1.08 bits per heavy atom.